The Morgan fingerprint density at radius 1 is 1.50 bits per heavy atom. The van der Waals surface area contributed by atoms with Crippen molar-refractivity contribution in [3.63, 3.8) is 0 Å². The summed E-state index contributed by atoms with van der Waals surface area (Å²) >= 11 is 0. The molecule has 0 bridgehead atoms. The number of amides is 1. The summed E-state index contributed by atoms with van der Waals surface area (Å²) in [5.74, 6) is 4.67. The maximum Gasteiger partial charge on any atom is 0.251 e. The van der Waals surface area contributed by atoms with Gasteiger partial charge in [-0.05, 0) is 25.1 Å². The van der Waals surface area contributed by atoms with Crippen molar-refractivity contribution >= 4 is 11.6 Å². The fourth-order valence-corrected chi connectivity index (χ4v) is 1.21. The molecule has 0 saturated heterocycles. The van der Waals surface area contributed by atoms with Crippen LogP contribution in [-0.2, 0) is 0 Å². The van der Waals surface area contributed by atoms with Crippen LogP contribution in [0.4, 0.5) is 10.1 Å². The largest absolute Gasteiger partial charge is 0.399 e. The van der Waals surface area contributed by atoms with Gasteiger partial charge in [0.05, 0.1) is 0 Å². The van der Waals surface area contributed by atoms with Crippen LogP contribution >= 0.6 is 0 Å². The molecule has 0 aliphatic carbocycles. The molecule has 1 rings (SSSR count). The number of hydrogen-bond donors (Lipinski definition) is 2. The van der Waals surface area contributed by atoms with Gasteiger partial charge in [-0.1, -0.05) is 0 Å². The highest BCUT2D eigenvalue weighted by molar-refractivity contribution is 5.95. The molecule has 0 unspecified atom stereocenters. The SMILES string of the molecule is CC#CCCNC(=O)c1cc(N)cc(F)c1. The van der Waals surface area contributed by atoms with Crippen LogP contribution in [0.25, 0.3) is 0 Å². The van der Waals surface area contributed by atoms with E-state index in [1.165, 1.54) is 12.1 Å². The molecule has 1 aromatic rings. The molecule has 0 fully saturated rings. The molecule has 3 nitrogen and oxygen atoms in total. The van der Waals surface area contributed by atoms with E-state index in [1.807, 2.05) is 0 Å². The van der Waals surface area contributed by atoms with Crippen LogP contribution in [0.1, 0.15) is 23.7 Å². The molecule has 0 spiro atoms. The van der Waals surface area contributed by atoms with E-state index < -0.39 is 5.82 Å². The molecule has 0 radical (unpaired) electrons. The lowest BCUT2D eigenvalue weighted by atomic mass is 10.2. The average Bonchev–Trinajstić information content (AvgIpc) is 2.22. The van der Waals surface area contributed by atoms with Crippen LogP contribution < -0.4 is 11.1 Å². The summed E-state index contributed by atoms with van der Waals surface area (Å²) in [6.45, 7) is 2.17. The third-order valence-corrected chi connectivity index (χ3v) is 1.89. The highest BCUT2D eigenvalue weighted by Gasteiger charge is 2.06. The number of nitrogens with one attached hydrogen (secondary N) is 1. The lowest BCUT2D eigenvalue weighted by Gasteiger charge is -2.04. The number of nitrogens with two attached hydrogens (primary N) is 1. The van der Waals surface area contributed by atoms with Gasteiger partial charge in [-0.2, -0.15) is 0 Å². The summed E-state index contributed by atoms with van der Waals surface area (Å²) in [6, 6.07) is 3.75. The molecule has 0 aliphatic heterocycles. The van der Waals surface area contributed by atoms with E-state index in [2.05, 4.69) is 17.2 Å². The Kier molecular flexibility index (Phi) is 4.34. The second kappa shape index (κ2) is 5.76. The van der Waals surface area contributed by atoms with E-state index in [-0.39, 0.29) is 17.2 Å². The Morgan fingerprint density at radius 3 is 2.88 bits per heavy atom. The summed E-state index contributed by atoms with van der Waals surface area (Å²) in [4.78, 5) is 11.5. The van der Waals surface area contributed by atoms with Crippen LogP contribution in [0.5, 0.6) is 0 Å². The maximum absolute atomic E-state index is 12.9. The number of carbonyl (C=O) groups excluding carboxylic acids is 1. The van der Waals surface area contributed by atoms with Crippen molar-refractivity contribution in [3.05, 3.63) is 29.6 Å². The first kappa shape index (κ1) is 12.1. The zero-order valence-electron chi connectivity index (χ0n) is 9.01. The summed E-state index contributed by atoms with van der Waals surface area (Å²) in [7, 11) is 0. The van der Waals surface area contributed by atoms with Gasteiger partial charge in [0.15, 0.2) is 0 Å². The maximum atomic E-state index is 12.9. The monoisotopic (exact) mass is 220 g/mol. The highest BCUT2D eigenvalue weighted by atomic mass is 19.1. The minimum absolute atomic E-state index is 0.224. The third kappa shape index (κ3) is 3.62. The number of nitrogen functional groups attached to an aromatic ring is 1. The summed E-state index contributed by atoms with van der Waals surface area (Å²) in [5, 5.41) is 2.62. The van der Waals surface area contributed by atoms with Crippen molar-refractivity contribution in [2.75, 3.05) is 12.3 Å². The standard InChI is InChI=1S/C12H13FN2O/c1-2-3-4-5-15-12(16)9-6-10(13)8-11(14)7-9/h6-8H,4-5,14H2,1H3,(H,15,16). The van der Waals surface area contributed by atoms with Gasteiger partial charge in [0.1, 0.15) is 5.82 Å². The second-order valence-electron chi connectivity index (χ2n) is 3.21. The van der Waals surface area contributed by atoms with Crippen LogP contribution in [0.3, 0.4) is 0 Å². The van der Waals surface area contributed by atoms with E-state index in [0.717, 1.165) is 6.07 Å². The van der Waals surface area contributed by atoms with E-state index in [9.17, 15) is 9.18 Å². The number of carbonyl (C=O) groups is 1. The Bertz CT molecular complexity index is 426. The molecular weight excluding hydrogens is 207 g/mol. The van der Waals surface area contributed by atoms with E-state index >= 15 is 0 Å². The summed E-state index contributed by atoms with van der Waals surface area (Å²) < 4.78 is 12.9. The number of halogens is 1. The van der Waals surface area contributed by atoms with Crippen molar-refractivity contribution in [2.45, 2.75) is 13.3 Å². The van der Waals surface area contributed by atoms with E-state index in [0.29, 0.717) is 13.0 Å². The Hall–Kier alpha value is -2.02. The predicted octanol–water partition coefficient (Wildman–Crippen LogP) is 1.55. The number of rotatable bonds is 3. The molecule has 0 saturated carbocycles. The Balaban J connectivity index is 2.61. The van der Waals surface area contributed by atoms with Gasteiger partial charge in [0.2, 0.25) is 0 Å². The fraction of sp³-hybridized carbons (Fsp3) is 0.250. The fourth-order valence-electron chi connectivity index (χ4n) is 1.21. The highest BCUT2D eigenvalue weighted by Crippen LogP contribution is 2.10. The van der Waals surface area contributed by atoms with Crippen LogP contribution in [0, 0.1) is 17.7 Å². The first-order chi connectivity index (χ1) is 7.63. The normalized spacial score (nSPS) is 9.12. The molecule has 1 aromatic carbocycles. The molecule has 0 aliphatic rings. The van der Waals surface area contributed by atoms with Crippen LogP contribution in [-0.4, -0.2) is 12.5 Å². The molecule has 4 heteroatoms. The van der Waals surface area contributed by atoms with Gasteiger partial charge in [0.25, 0.3) is 5.91 Å². The predicted molar refractivity (Wildman–Crippen MR) is 61.2 cm³/mol. The van der Waals surface area contributed by atoms with Crippen molar-refractivity contribution < 1.29 is 9.18 Å². The molecule has 0 heterocycles. The molecule has 0 atom stereocenters. The van der Waals surface area contributed by atoms with Crippen LogP contribution in [0.2, 0.25) is 0 Å². The minimum atomic E-state index is -0.515. The smallest absolute Gasteiger partial charge is 0.251 e. The van der Waals surface area contributed by atoms with Crippen molar-refractivity contribution in [2.24, 2.45) is 0 Å². The lowest BCUT2D eigenvalue weighted by Crippen LogP contribution is -2.24. The van der Waals surface area contributed by atoms with Gasteiger partial charge >= 0.3 is 0 Å². The van der Waals surface area contributed by atoms with Gasteiger partial charge < -0.3 is 11.1 Å². The second-order valence-corrected chi connectivity index (χ2v) is 3.21. The zero-order valence-corrected chi connectivity index (χ0v) is 9.01. The number of anilines is 1. The summed E-state index contributed by atoms with van der Waals surface area (Å²) in [5.41, 5.74) is 5.89. The van der Waals surface area contributed by atoms with E-state index in [4.69, 9.17) is 5.73 Å². The molecule has 84 valence electrons. The topological polar surface area (TPSA) is 55.1 Å². The van der Waals surface area contributed by atoms with Gasteiger partial charge in [0, 0.05) is 24.2 Å². The first-order valence-electron chi connectivity index (χ1n) is 4.87. The Morgan fingerprint density at radius 2 is 2.25 bits per heavy atom. The zero-order chi connectivity index (χ0) is 12.0. The quantitative estimate of drug-likeness (QED) is 0.461. The molecule has 3 N–H and O–H groups in total. The van der Waals surface area contributed by atoms with Crippen LogP contribution in [0.15, 0.2) is 18.2 Å². The average molecular weight is 220 g/mol. The molecule has 0 aromatic heterocycles. The van der Waals surface area contributed by atoms with Crippen molar-refractivity contribution in [1.29, 1.82) is 0 Å². The van der Waals surface area contributed by atoms with Crippen molar-refractivity contribution in [1.82, 2.24) is 5.32 Å². The van der Waals surface area contributed by atoms with Gasteiger partial charge in [-0.15, -0.1) is 11.8 Å². The Labute approximate surface area is 93.8 Å². The van der Waals surface area contributed by atoms with E-state index in [1.54, 1.807) is 6.92 Å². The molecule has 16 heavy (non-hydrogen) atoms. The lowest BCUT2D eigenvalue weighted by molar-refractivity contribution is 0.0954. The summed E-state index contributed by atoms with van der Waals surface area (Å²) in [6.07, 6.45) is 0.576. The van der Waals surface area contributed by atoms with Crippen molar-refractivity contribution in [3.8, 4) is 11.8 Å². The number of benzene rings is 1. The minimum Gasteiger partial charge on any atom is -0.399 e. The van der Waals surface area contributed by atoms with Gasteiger partial charge in [-0.3, -0.25) is 4.79 Å². The first-order valence-corrected chi connectivity index (χ1v) is 4.87. The van der Waals surface area contributed by atoms with Gasteiger partial charge in [-0.25, -0.2) is 4.39 Å². The number of hydrogen-bond acceptors (Lipinski definition) is 2. The third-order valence-electron chi connectivity index (χ3n) is 1.89. The molecule has 1 amide bonds. The molecular formula is C12H13FN2O.